The molecule has 0 aromatic heterocycles. The first kappa shape index (κ1) is 15.8. The van der Waals surface area contributed by atoms with Gasteiger partial charge in [0.05, 0.1) is 6.04 Å². The summed E-state index contributed by atoms with van der Waals surface area (Å²) in [5, 5.41) is 3.04. The number of nitrogens with one attached hydrogen (secondary N) is 1. The molecular weight excluding hydrogens is 284 g/mol. The maximum absolute atomic E-state index is 12.6. The molecule has 120 valence electrons. The van der Waals surface area contributed by atoms with E-state index in [0.29, 0.717) is 12.0 Å². The number of amides is 1. The SMILES string of the molecule is Cc1cccc(NC(=O)[C@H](C)N2C[C@H](C)[C@@H]2c2ccccc2)c1. The standard InChI is InChI=1S/C20H24N2O/c1-14-8-7-11-18(12-14)21-20(23)16(3)22-13-15(2)19(22)17-9-5-4-6-10-17/h4-12,15-16,19H,13H2,1-3H3,(H,21,23)/t15-,16-,19+/m0/s1. The van der Waals surface area contributed by atoms with Gasteiger partial charge in [-0.05, 0) is 43.0 Å². The fraction of sp³-hybridized carbons (Fsp3) is 0.350. The fourth-order valence-corrected chi connectivity index (χ4v) is 3.42. The van der Waals surface area contributed by atoms with E-state index in [4.69, 9.17) is 0 Å². The van der Waals surface area contributed by atoms with Crippen LogP contribution in [-0.2, 0) is 4.79 Å². The summed E-state index contributed by atoms with van der Waals surface area (Å²) in [7, 11) is 0. The average molecular weight is 308 g/mol. The van der Waals surface area contributed by atoms with Crippen molar-refractivity contribution in [2.75, 3.05) is 11.9 Å². The van der Waals surface area contributed by atoms with Crippen LogP contribution in [0.3, 0.4) is 0 Å². The van der Waals surface area contributed by atoms with Gasteiger partial charge in [-0.15, -0.1) is 0 Å². The minimum atomic E-state index is -0.142. The Hall–Kier alpha value is -2.13. The van der Waals surface area contributed by atoms with Crippen LogP contribution in [-0.4, -0.2) is 23.4 Å². The van der Waals surface area contributed by atoms with E-state index >= 15 is 0 Å². The van der Waals surface area contributed by atoms with Gasteiger partial charge in [0.2, 0.25) is 5.91 Å². The zero-order valence-electron chi connectivity index (χ0n) is 14.0. The first-order valence-electron chi connectivity index (χ1n) is 8.24. The summed E-state index contributed by atoms with van der Waals surface area (Å²) >= 11 is 0. The van der Waals surface area contributed by atoms with Gasteiger partial charge < -0.3 is 5.32 Å². The Morgan fingerprint density at radius 1 is 1.17 bits per heavy atom. The molecule has 1 heterocycles. The molecule has 1 fully saturated rings. The Bertz CT molecular complexity index is 683. The monoisotopic (exact) mass is 308 g/mol. The maximum atomic E-state index is 12.6. The second kappa shape index (κ2) is 6.55. The quantitative estimate of drug-likeness (QED) is 0.925. The molecular formula is C20H24N2O. The molecule has 2 aromatic carbocycles. The second-order valence-electron chi connectivity index (χ2n) is 6.56. The number of benzene rings is 2. The highest BCUT2D eigenvalue weighted by Crippen LogP contribution is 2.40. The van der Waals surface area contributed by atoms with Crippen molar-refractivity contribution in [3.8, 4) is 0 Å². The van der Waals surface area contributed by atoms with Gasteiger partial charge in [0, 0.05) is 18.3 Å². The number of carbonyl (C=O) groups is 1. The minimum Gasteiger partial charge on any atom is -0.325 e. The topological polar surface area (TPSA) is 32.3 Å². The number of hydrogen-bond donors (Lipinski definition) is 1. The number of likely N-dealkylation sites (tertiary alicyclic amines) is 1. The van der Waals surface area contributed by atoms with E-state index in [1.807, 2.05) is 44.2 Å². The first-order chi connectivity index (χ1) is 11.1. The molecule has 1 N–H and O–H groups in total. The lowest BCUT2D eigenvalue weighted by Crippen LogP contribution is -2.56. The largest absolute Gasteiger partial charge is 0.325 e. The molecule has 1 aliphatic heterocycles. The van der Waals surface area contributed by atoms with Crippen LogP contribution in [0.2, 0.25) is 0 Å². The first-order valence-corrected chi connectivity index (χ1v) is 8.24. The van der Waals surface area contributed by atoms with Crippen LogP contribution in [0.25, 0.3) is 0 Å². The van der Waals surface area contributed by atoms with E-state index in [-0.39, 0.29) is 11.9 Å². The summed E-state index contributed by atoms with van der Waals surface area (Å²) in [6.07, 6.45) is 0. The summed E-state index contributed by atoms with van der Waals surface area (Å²) in [4.78, 5) is 14.9. The Balaban J connectivity index is 1.70. The Kier molecular flexibility index (Phi) is 4.49. The van der Waals surface area contributed by atoms with Crippen molar-refractivity contribution in [2.45, 2.75) is 32.9 Å². The smallest absolute Gasteiger partial charge is 0.241 e. The van der Waals surface area contributed by atoms with Crippen LogP contribution in [0.4, 0.5) is 5.69 Å². The molecule has 0 aliphatic carbocycles. The van der Waals surface area contributed by atoms with Crippen molar-refractivity contribution in [3.63, 3.8) is 0 Å². The van der Waals surface area contributed by atoms with Crippen molar-refractivity contribution in [3.05, 3.63) is 65.7 Å². The van der Waals surface area contributed by atoms with E-state index in [2.05, 4.69) is 41.4 Å². The van der Waals surface area contributed by atoms with Crippen molar-refractivity contribution in [1.29, 1.82) is 0 Å². The lowest BCUT2D eigenvalue weighted by Gasteiger charge is -2.49. The van der Waals surface area contributed by atoms with Crippen LogP contribution >= 0.6 is 0 Å². The van der Waals surface area contributed by atoms with E-state index in [1.165, 1.54) is 5.56 Å². The van der Waals surface area contributed by atoms with Crippen LogP contribution in [0, 0.1) is 12.8 Å². The van der Waals surface area contributed by atoms with Gasteiger partial charge >= 0.3 is 0 Å². The molecule has 1 saturated heterocycles. The molecule has 1 aliphatic rings. The molecule has 0 spiro atoms. The molecule has 3 heteroatoms. The van der Waals surface area contributed by atoms with Gasteiger partial charge in [-0.1, -0.05) is 49.4 Å². The van der Waals surface area contributed by atoms with Gasteiger partial charge in [-0.25, -0.2) is 0 Å². The van der Waals surface area contributed by atoms with Crippen molar-refractivity contribution in [1.82, 2.24) is 4.90 Å². The molecule has 3 atom stereocenters. The average Bonchev–Trinajstić information content (AvgIpc) is 2.53. The summed E-state index contributed by atoms with van der Waals surface area (Å²) in [5.41, 5.74) is 3.31. The van der Waals surface area contributed by atoms with Crippen LogP contribution in [0.1, 0.15) is 31.0 Å². The van der Waals surface area contributed by atoms with Gasteiger partial charge in [-0.3, -0.25) is 9.69 Å². The summed E-state index contributed by atoms with van der Waals surface area (Å²) in [6.45, 7) is 7.23. The summed E-state index contributed by atoms with van der Waals surface area (Å²) in [5.74, 6) is 0.634. The molecule has 0 bridgehead atoms. The Labute approximate surface area is 138 Å². The number of anilines is 1. The van der Waals surface area contributed by atoms with E-state index in [1.54, 1.807) is 0 Å². The highest BCUT2D eigenvalue weighted by atomic mass is 16.2. The molecule has 0 radical (unpaired) electrons. The number of nitrogens with zero attached hydrogens (tertiary/aromatic N) is 1. The number of rotatable bonds is 4. The minimum absolute atomic E-state index is 0.0587. The van der Waals surface area contributed by atoms with E-state index < -0.39 is 0 Å². The van der Waals surface area contributed by atoms with Gasteiger partial charge in [0.25, 0.3) is 0 Å². The van der Waals surface area contributed by atoms with Crippen molar-refractivity contribution < 1.29 is 4.79 Å². The number of hydrogen-bond acceptors (Lipinski definition) is 2. The van der Waals surface area contributed by atoms with Crippen LogP contribution < -0.4 is 5.32 Å². The molecule has 2 aromatic rings. The van der Waals surface area contributed by atoms with E-state index in [0.717, 1.165) is 17.8 Å². The second-order valence-corrected chi connectivity index (χ2v) is 6.56. The molecule has 23 heavy (non-hydrogen) atoms. The van der Waals surface area contributed by atoms with Gasteiger partial charge in [0.15, 0.2) is 0 Å². The lowest BCUT2D eigenvalue weighted by molar-refractivity contribution is -0.126. The normalized spacial score (nSPS) is 22.2. The third-order valence-electron chi connectivity index (χ3n) is 4.70. The molecule has 0 saturated carbocycles. The highest BCUT2D eigenvalue weighted by Gasteiger charge is 2.41. The van der Waals surface area contributed by atoms with Crippen molar-refractivity contribution in [2.24, 2.45) is 5.92 Å². The molecule has 1 amide bonds. The molecule has 3 nitrogen and oxygen atoms in total. The zero-order valence-corrected chi connectivity index (χ0v) is 14.0. The van der Waals surface area contributed by atoms with Crippen molar-refractivity contribution >= 4 is 11.6 Å². The van der Waals surface area contributed by atoms with Crippen LogP contribution in [0.15, 0.2) is 54.6 Å². The number of carbonyl (C=O) groups excluding carboxylic acids is 1. The number of aryl methyl sites for hydroxylation is 1. The van der Waals surface area contributed by atoms with Crippen LogP contribution in [0.5, 0.6) is 0 Å². The summed E-state index contributed by atoms with van der Waals surface area (Å²) < 4.78 is 0. The lowest BCUT2D eigenvalue weighted by atomic mass is 9.83. The van der Waals surface area contributed by atoms with E-state index in [9.17, 15) is 4.79 Å². The van der Waals surface area contributed by atoms with Gasteiger partial charge in [-0.2, -0.15) is 0 Å². The molecule has 0 unspecified atom stereocenters. The highest BCUT2D eigenvalue weighted by molar-refractivity contribution is 5.94. The molecule has 3 rings (SSSR count). The third kappa shape index (κ3) is 3.30. The Morgan fingerprint density at radius 2 is 1.91 bits per heavy atom. The predicted molar refractivity (Wildman–Crippen MR) is 94.3 cm³/mol. The maximum Gasteiger partial charge on any atom is 0.241 e. The fourth-order valence-electron chi connectivity index (χ4n) is 3.42. The zero-order chi connectivity index (χ0) is 16.4. The van der Waals surface area contributed by atoms with Gasteiger partial charge in [0.1, 0.15) is 0 Å². The Morgan fingerprint density at radius 3 is 2.57 bits per heavy atom. The predicted octanol–water partition coefficient (Wildman–Crippen LogP) is 4.02. The third-order valence-corrected chi connectivity index (χ3v) is 4.70. The summed E-state index contributed by atoms with van der Waals surface area (Å²) in [6, 6.07) is 18.6.